The second-order valence-electron chi connectivity index (χ2n) is 4.05. The number of carbonyl (C=O) groups is 1. The van der Waals surface area contributed by atoms with E-state index in [2.05, 4.69) is 15.9 Å². The highest BCUT2D eigenvalue weighted by Gasteiger charge is 2.23. The molecule has 1 aromatic rings. The van der Waals surface area contributed by atoms with Crippen molar-refractivity contribution in [2.45, 2.75) is 19.3 Å². The SMILES string of the molecule is O=C(O)Cc1cccc(Br)c1OCC1CC1. The van der Waals surface area contributed by atoms with Crippen molar-refractivity contribution in [1.29, 1.82) is 0 Å². The normalized spacial score (nSPS) is 14.8. The molecular formula is C12H13BrO3. The van der Waals surface area contributed by atoms with Crippen LogP contribution in [0.25, 0.3) is 0 Å². The Morgan fingerprint density at radius 2 is 2.25 bits per heavy atom. The molecule has 0 bridgehead atoms. The summed E-state index contributed by atoms with van der Waals surface area (Å²) in [6.07, 6.45) is 2.44. The zero-order valence-electron chi connectivity index (χ0n) is 8.78. The highest BCUT2D eigenvalue weighted by Crippen LogP contribution is 2.34. The summed E-state index contributed by atoms with van der Waals surface area (Å²) in [7, 11) is 0. The van der Waals surface area contributed by atoms with Gasteiger partial charge in [0.05, 0.1) is 17.5 Å². The molecule has 1 aliphatic carbocycles. The fourth-order valence-corrected chi connectivity index (χ4v) is 2.02. The predicted octanol–water partition coefficient (Wildman–Crippen LogP) is 2.87. The predicted molar refractivity (Wildman–Crippen MR) is 63.7 cm³/mol. The molecule has 2 rings (SSSR count). The summed E-state index contributed by atoms with van der Waals surface area (Å²) >= 11 is 3.39. The third-order valence-electron chi connectivity index (χ3n) is 2.55. The van der Waals surface area contributed by atoms with Gasteiger partial charge in [0.15, 0.2) is 0 Å². The van der Waals surface area contributed by atoms with Crippen molar-refractivity contribution in [1.82, 2.24) is 0 Å². The van der Waals surface area contributed by atoms with Gasteiger partial charge in [-0.2, -0.15) is 0 Å². The highest BCUT2D eigenvalue weighted by atomic mass is 79.9. The monoisotopic (exact) mass is 284 g/mol. The van der Waals surface area contributed by atoms with E-state index in [1.54, 1.807) is 6.07 Å². The first kappa shape index (κ1) is 11.5. The van der Waals surface area contributed by atoms with Crippen molar-refractivity contribution < 1.29 is 14.6 Å². The molecule has 0 aliphatic heterocycles. The molecule has 0 heterocycles. The summed E-state index contributed by atoms with van der Waals surface area (Å²) in [5, 5.41) is 8.80. The van der Waals surface area contributed by atoms with Gasteiger partial charge >= 0.3 is 5.97 Å². The zero-order chi connectivity index (χ0) is 11.5. The van der Waals surface area contributed by atoms with Gasteiger partial charge in [-0.1, -0.05) is 12.1 Å². The van der Waals surface area contributed by atoms with Crippen molar-refractivity contribution in [3.05, 3.63) is 28.2 Å². The minimum Gasteiger partial charge on any atom is -0.492 e. The van der Waals surface area contributed by atoms with E-state index in [0.717, 1.165) is 10.0 Å². The molecule has 0 amide bonds. The van der Waals surface area contributed by atoms with Gasteiger partial charge in [0.25, 0.3) is 0 Å². The first-order valence-corrected chi connectivity index (χ1v) is 6.08. The maximum absolute atomic E-state index is 10.7. The molecule has 1 aliphatic rings. The Labute approximate surface area is 103 Å². The van der Waals surface area contributed by atoms with Gasteiger partial charge < -0.3 is 9.84 Å². The molecule has 86 valence electrons. The second kappa shape index (κ2) is 4.87. The van der Waals surface area contributed by atoms with Crippen LogP contribution in [-0.4, -0.2) is 17.7 Å². The fourth-order valence-electron chi connectivity index (χ4n) is 1.50. The number of carboxylic acids is 1. The zero-order valence-corrected chi connectivity index (χ0v) is 10.4. The quantitative estimate of drug-likeness (QED) is 0.904. The van der Waals surface area contributed by atoms with Gasteiger partial charge in [-0.15, -0.1) is 0 Å². The Hall–Kier alpha value is -1.03. The minimum atomic E-state index is -0.839. The molecule has 3 nitrogen and oxygen atoms in total. The lowest BCUT2D eigenvalue weighted by Gasteiger charge is -2.11. The van der Waals surface area contributed by atoms with Crippen LogP contribution >= 0.6 is 15.9 Å². The summed E-state index contributed by atoms with van der Waals surface area (Å²) in [5.74, 6) is 0.496. The average Bonchev–Trinajstić information content (AvgIpc) is 2.99. The topological polar surface area (TPSA) is 46.5 Å². The van der Waals surface area contributed by atoms with Crippen LogP contribution in [0.3, 0.4) is 0 Å². The molecular weight excluding hydrogens is 272 g/mol. The third-order valence-corrected chi connectivity index (χ3v) is 3.17. The highest BCUT2D eigenvalue weighted by molar-refractivity contribution is 9.10. The molecule has 1 saturated carbocycles. The van der Waals surface area contributed by atoms with E-state index in [9.17, 15) is 4.79 Å². The molecule has 0 radical (unpaired) electrons. The van der Waals surface area contributed by atoms with Crippen LogP contribution in [0.1, 0.15) is 18.4 Å². The lowest BCUT2D eigenvalue weighted by Crippen LogP contribution is -2.06. The standard InChI is InChI=1S/C12H13BrO3/c13-10-3-1-2-9(6-11(14)15)12(10)16-7-8-4-5-8/h1-3,8H,4-7H2,(H,14,15). The Balaban J connectivity index is 2.13. The van der Waals surface area contributed by atoms with Crippen molar-refractivity contribution in [2.75, 3.05) is 6.61 Å². The van der Waals surface area contributed by atoms with Crippen LogP contribution in [0, 0.1) is 5.92 Å². The summed E-state index contributed by atoms with van der Waals surface area (Å²) in [4.78, 5) is 10.7. The van der Waals surface area contributed by atoms with E-state index in [1.807, 2.05) is 12.1 Å². The molecule has 4 heteroatoms. The number of carboxylic acid groups (broad SMARTS) is 1. The Morgan fingerprint density at radius 1 is 1.50 bits per heavy atom. The molecule has 1 N–H and O–H groups in total. The van der Waals surface area contributed by atoms with Gasteiger partial charge in [-0.25, -0.2) is 0 Å². The molecule has 0 saturated heterocycles. The Bertz CT molecular complexity index is 399. The van der Waals surface area contributed by atoms with E-state index in [4.69, 9.17) is 9.84 Å². The van der Waals surface area contributed by atoms with E-state index in [0.29, 0.717) is 18.3 Å². The van der Waals surface area contributed by atoms with Gasteiger partial charge in [0, 0.05) is 5.56 Å². The average molecular weight is 285 g/mol. The summed E-state index contributed by atoms with van der Waals surface area (Å²) in [6, 6.07) is 5.49. The smallest absolute Gasteiger partial charge is 0.307 e. The molecule has 0 aromatic heterocycles. The summed E-state index contributed by atoms with van der Waals surface area (Å²) in [5.41, 5.74) is 0.725. The second-order valence-corrected chi connectivity index (χ2v) is 4.91. The first-order chi connectivity index (χ1) is 7.66. The molecule has 0 unspecified atom stereocenters. The van der Waals surface area contributed by atoms with Crippen LogP contribution in [-0.2, 0) is 11.2 Å². The molecule has 0 spiro atoms. The van der Waals surface area contributed by atoms with Crippen molar-refractivity contribution in [3.63, 3.8) is 0 Å². The van der Waals surface area contributed by atoms with E-state index in [-0.39, 0.29) is 6.42 Å². The van der Waals surface area contributed by atoms with Gasteiger partial charge in [-0.3, -0.25) is 4.79 Å². The third kappa shape index (κ3) is 2.98. The van der Waals surface area contributed by atoms with Crippen LogP contribution in [0.5, 0.6) is 5.75 Å². The van der Waals surface area contributed by atoms with Crippen LogP contribution in [0.15, 0.2) is 22.7 Å². The number of halogens is 1. The summed E-state index contributed by atoms with van der Waals surface area (Å²) < 4.78 is 6.51. The Morgan fingerprint density at radius 3 is 2.88 bits per heavy atom. The number of hydrogen-bond donors (Lipinski definition) is 1. The number of aliphatic carboxylic acids is 1. The van der Waals surface area contributed by atoms with Crippen molar-refractivity contribution >= 4 is 21.9 Å². The molecule has 0 atom stereocenters. The number of ether oxygens (including phenoxy) is 1. The fraction of sp³-hybridized carbons (Fsp3) is 0.417. The summed E-state index contributed by atoms with van der Waals surface area (Å²) in [6.45, 7) is 0.690. The number of benzene rings is 1. The van der Waals surface area contributed by atoms with Crippen LogP contribution in [0.2, 0.25) is 0 Å². The van der Waals surface area contributed by atoms with E-state index >= 15 is 0 Å². The van der Waals surface area contributed by atoms with Crippen LogP contribution in [0.4, 0.5) is 0 Å². The maximum Gasteiger partial charge on any atom is 0.307 e. The van der Waals surface area contributed by atoms with Crippen LogP contribution < -0.4 is 4.74 Å². The van der Waals surface area contributed by atoms with Crippen molar-refractivity contribution in [3.8, 4) is 5.75 Å². The molecule has 1 fully saturated rings. The van der Waals surface area contributed by atoms with E-state index in [1.165, 1.54) is 12.8 Å². The first-order valence-electron chi connectivity index (χ1n) is 5.29. The number of rotatable bonds is 5. The Kier molecular flexibility index (Phi) is 3.49. The molecule has 16 heavy (non-hydrogen) atoms. The van der Waals surface area contributed by atoms with Gasteiger partial charge in [0.1, 0.15) is 5.75 Å². The van der Waals surface area contributed by atoms with Crippen molar-refractivity contribution in [2.24, 2.45) is 5.92 Å². The maximum atomic E-state index is 10.7. The lowest BCUT2D eigenvalue weighted by molar-refractivity contribution is -0.136. The number of para-hydroxylation sites is 1. The minimum absolute atomic E-state index is 0.000556. The van der Waals surface area contributed by atoms with Gasteiger partial charge in [-0.05, 0) is 40.8 Å². The molecule has 1 aromatic carbocycles. The van der Waals surface area contributed by atoms with Gasteiger partial charge in [0.2, 0.25) is 0 Å². The lowest BCUT2D eigenvalue weighted by atomic mass is 10.1. The largest absolute Gasteiger partial charge is 0.492 e. The van der Waals surface area contributed by atoms with E-state index < -0.39 is 5.97 Å². The number of hydrogen-bond acceptors (Lipinski definition) is 2.